The van der Waals surface area contributed by atoms with Gasteiger partial charge < -0.3 is 9.53 Å². The normalized spacial score (nSPS) is 16.3. The summed E-state index contributed by atoms with van der Waals surface area (Å²) in [6.45, 7) is 0. The molecule has 4 nitrogen and oxygen atoms in total. The summed E-state index contributed by atoms with van der Waals surface area (Å²) in [5.41, 5.74) is 0.703. The molecule has 0 unspecified atom stereocenters. The number of rotatable bonds is 4. The van der Waals surface area contributed by atoms with E-state index < -0.39 is 0 Å². The highest BCUT2D eigenvalue weighted by Gasteiger charge is 2.20. The summed E-state index contributed by atoms with van der Waals surface area (Å²) in [5, 5.41) is 0. The Balaban J connectivity index is 2.26. The van der Waals surface area contributed by atoms with Crippen LogP contribution in [0.1, 0.15) is 43.1 Å². The van der Waals surface area contributed by atoms with Crippen molar-refractivity contribution in [2.24, 2.45) is 0 Å². The van der Waals surface area contributed by atoms with Crippen molar-refractivity contribution >= 4 is 6.29 Å². The molecule has 0 saturated heterocycles. The first-order valence-corrected chi connectivity index (χ1v) is 5.68. The SMILES string of the molecule is COc1cnc(C2CCCC2)nc1CC=O. The molecule has 86 valence electrons. The van der Waals surface area contributed by atoms with Crippen LogP contribution in [0.4, 0.5) is 0 Å². The maximum absolute atomic E-state index is 10.6. The Morgan fingerprint density at radius 3 is 2.88 bits per heavy atom. The van der Waals surface area contributed by atoms with Crippen molar-refractivity contribution in [2.45, 2.75) is 38.0 Å². The van der Waals surface area contributed by atoms with Gasteiger partial charge in [-0.15, -0.1) is 0 Å². The van der Waals surface area contributed by atoms with E-state index >= 15 is 0 Å². The van der Waals surface area contributed by atoms with Crippen LogP contribution in [-0.2, 0) is 11.2 Å². The number of nitrogens with zero attached hydrogens (tertiary/aromatic N) is 2. The van der Waals surface area contributed by atoms with Gasteiger partial charge in [0.1, 0.15) is 12.1 Å². The zero-order valence-electron chi connectivity index (χ0n) is 9.48. The van der Waals surface area contributed by atoms with E-state index in [2.05, 4.69) is 9.97 Å². The van der Waals surface area contributed by atoms with Crippen LogP contribution in [0, 0.1) is 0 Å². The third-order valence-corrected chi connectivity index (χ3v) is 3.06. The number of aromatic nitrogens is 2. The van der Waals surface area contributed by atoms with Crippen LogP contribution in [-0.4, -0.2) is 23.4 Å². The van der Waals surface area contributed by atoms with E-state index in [-0.39, 0.29) is 0 Å². The van der Waals surface area contributed by atoms with Crippen molar-refractivity contribution in [3.8, 4) is 5.75 Å². The highest BCUT2D eigenvalue weighted by Crippen LogP contribution is 2.32. The molecule has 1 fully saturated rings. The van der Waals surface area contributed by atoms with Gasteiger partial charge in [-0.1, -0.05) is 12.8 Å². The predicted octanol–water partition coefficient (Wildman–Crippen LogP) is 1.88. The summed E-state index contributed by atoms with van der Waals surface area (Å²) >= 11 is 0. The average molecular weight is 220 g/mol. The molecular formula is C12H16N2O2. The summed E-state index contributed by atoms with van der Waals surface area (Å²) in [5.74, 6) is 1.94. The van der Waals surface area contributed by atoms with E-state index in [0.29, 0.717) is 23.8 Å². The van der Waals surface area contributed by atoms with Crippen molar-refractivity contribution in [3.05, 3.63) is 17.7 Å². The third-order valence-electron chi connectivity index (χ3n) is 3.06. The van der Waals surface area contributed by atoms with E-state index in [9.17, 15) is 4.79 Å². The van der Waals surface area contributed by atoms with Gasteiger partial charge in [0.05, 0.1) is 19.0 Å². The fourth-order valence-electron chi connectivity index (χ4n) is 2.20. The van der Waals surface area contributed by atoms with Crippen LogP contribution in [0.3, 0.4) is 0 Å². The van der Waals surface area contributed by atoms with E-state index in [1.807, 2.05) is 0 Å². The molecule has 1 aromatic rings. The Morgan fingerprint density at radius 1 is 1.50 bits per heavy atom. The number of hydrogen-bond acceptors (Lipinski definition) is 4. The Hall–Kier alpha value is -1.45. The lowest BCUT2D eigenvalue weighted by molar-refractivity contribution is -0.107. The minimum absolute atomic E-state index is 0.297. The molecule has 0 N–H and O–H groups in total. The van der Waals surface area contributed by atoms with Crippen LogP contribution in [0.15, 0.2) is 6.20 Å². The molecule has 0 amide bonds. The number of ether oxygens (including phenoxy) is 1. The smallest absolute Gasteiger partial charge is 0.159 e. The average Bonchev–Trinajstić information content (AvgIpc) is 2.83. The molecule has 1 aliphatic carbocycles. The first kappa shape index (κ1) is 11.0. The van der Waals surface area contributed by atoms with Gasteiger partial charge in [-0.05, 0) is 12.8 Å². The minimum atomic E-state index is 0.297. The number of carbonyl (C=O) groups is 1. The van der Waals surface area contributed by atoms with Crippen molar-refractivity contribution in [1.82, 2.24) is 9.97 Å². The third kappa shape index (κ3) is 2.21. The van der Waals surface area contributed by atoms with Crippen LogP contribution < -0.4 is 4.74 Å². The van der Waals surface area contributed by atoms with Crippen molar-refractivity contribution in [2.75, 3.05) is 7.11 Å². The molecule has 0 spiro atoms. The maximum Gasteiger partial charge on any atom is 0.159 e. The van der Waals surface area contributed by atoms with Crippen LogP contribution in [0.25, 0.3) is 0 Å². The van der Waals surface area contributed by atoms with Crippen LogP contribution in [0.2, 0.25) is 0 Å². The topological polar surface area (TPSA) is 52.1 Å². The number of carbonyl (C=O) groups excluding carboxylic acids is 1. The molecule has 1 aromatic heterocycles. The molecule has 0 radical (unpaired) electrons. The van der Waals surface area contributed by atoms with E-state index in [4.69, 9.17) is 4.74 Å². The van der Waals surface area contributed by atoms with Gasteiger partial charge in [-0.2, -0.15) is 0 Å². The molecule has 16 heavy (non-hydrogen) atoms. The largest absolute Gasteiger partial charge is 0.493 e. The second-order valence-corrected chi connectivity index (χ2v) is 4.10. The van der Waals surface area contributed by atoms with E-state index in [1.54, 1.807) is 13.3 Å². The lowest BCUT2D eigenvalue weighted by Gasteiger charge is -2.10. The Kier molecular flexibility index (Phi) is 3.49. The monoisotopic (exact) mass is 220 g/mol. The fourth-order valence-corrected chi connectivity index (χ4v) is 2.20. The lowest BCUT2D eigenvalue weighted by atomic mass is 10.1. The van der Waals surface area contributed by atoms with Gasteiger partial charge in [-0.3, -0.25) is 0 Å². The number of aldehydes is 1. The lowest BCUT2D eigenvalue weighted by Crippen LogP contribution is -2.06. The first-order valence-electron chi connectivity index (χ1n) is 5.68. The number of methoxy groups -OCH3 is 1. The van der Waals surface area contributed by atoms with Gasteiger partial charge >= 0.3 is 0 Å². The Bertz CT molecular complexity index is 373. The summed E-state index contributed by atoms with van der Waals surface area (Å²) in [7, 11) is 1.57. The zero-order valence-corrected chi connectivity index (χ0v) is 9.48. The maximum atomic E-state index is 10.6. The molecular weight excluding hydrogens is 204 g/mol. The standard InChI is InChI=1S/C12H16N2O2/c1-16-11-8-13-12(9-4-2-3-5-9)14-10(11)6-7-15/h7-9H,2-6H2,1H3. The van der Waals surface area contributed by atoms with Crippen molar-refractivity contribution in [1.29, 1.82) is 0 Å². The molecule has 2 rings (SSSR count). The van der Waals surface area contributed by atoms with Crippen molar-refractivity contribution < 1.29 is 9.53 Å². The first-order chi connectivity index (χ1) is 7.85. The van der Waals surface area contributed by atoms with Gasteiger partial charge in [0, 0.05) is 12.3 Å². The Labute approximate surface area is 95.1 Å². The Morgan fingerprint density at radius 2 is 2.25 bits per heavy atom. The summed E-state index contributed by atoms with van der Waals surface area (Å²) in [6.07, 6.45) is 7.65. The summed E-state index contributed by atoms with van der Waals surface area (Å²) in [4.78, 5) is 19.3. The van der Waals surface area contributed by atoms with Gasteiger partial charge in [-0.25, -0.2) is 9.97 Å². The van der Waals surface area contributed by atoms with Gasteiger partial charge in [0.25, 0.3) is 0 Å². The minimum Gasteiger partial charge on any atom is -0.493 e. The molecule has 0 bridgehead atoms. The molecule has 4 heteroatoms. The summed E-state index contributed by atoms with van der Waals surface area (Å²) < 4.78 is 5.13. The molecule has 1 heterocycles. The van der Waals surface area contributed by atoms with Crippen molar-refractivity contribution in [3.63, 3.8) is 0 Å². The van der Waals surface area contributed by atoms with Gasteiger partial charge in [0.15, 0.2) is 5.75 Å². The highest BCUT2D eigenvalue weighted by molar-refractivity contribution is 5.55. The number of hydrogen-bond donors (Lipinski definition) is 0. The van der Waals surface area contributed by atoms with Gasteiger partial charge in [0.2, 0.25) is 0 Å². The molecule has 0 aliphatic heterocycles. The van der Waals surface area contributed by atoms with Crippen LogP contribution >= 0.6 is 0 Å². The van der Waals surface area contributed by atoms with E-state index in [1.165, 1.54) is 12.8 Å². The quantitative estimate of drug-likeness (QED) is 0.727. The molecule has 0 aromatic carbocycles. The summed E-state index contributed by atoms with van der Waals surface area (Å²) in [6, 6.07) is 0. The second-order valence-electron chi connectivity index (χ2n) is 4.10. The molecule has 1 aliphatic rings. The fraction of sp³-hybridized carbons (Fsp3) is 0.583. The second kappa shape index (κ2) is 5.05. The zero-order chi connectivity index (χ0) is 11.4. The van der Waals surface area contributed by atoms with E-state index in [0.717, 1.165) is 25.0 Å². The highest BCUT2D eigenvalue weighted by atomic mass is 16.5. The molecule has 1 saturated carbocycles. The van der Waals surface area contributed by atoms with Crippen LogP contribution in [0.5, 0.6) is 5.75 Å². The molecule has 0 atom stereocenters. The predicted molar refractivity (Wildman–Crippen MR) is 59.6 cm³/mol.